The lowest BCUT2D eigenvalue weighted by Crippen LogP contribution is -2.15. The Balaban J connectivity index is 1.17. The Morgan fingerprint density at radius 3 is 2.02 bits per heavy atom. The minimum absolute atomic E-state index is 0.140. The number of benzene rings is 7. The van der Waals surface area contributed by atoms with Gasteiger partial charge in [0.05, 0.1) is 41.8 Å². The summed E-state index contributed by atoms with van der Waals surface area (Å²) in [4.78, 5) is 9.67. The number of nitrogens with zero attached hydrogens (tertiary/aromatic N) is 3. The van der Waals surface area contributed by atoms with Crippen molar-refractivity contribution in [1.29, 1.82) is 0 Å². The fraction of sp³-hybridized carbons (Fsp3) is 0.0800. The molecule has 0 aliphatic carbocycles. The number of anilines is 3. The third-order valence-corrected chi connectivity index (χ3v) is 9.56. The van der Waals surface area contributed by atoms with E-state index in [-0.39, 0.29) is 38.9 Å². The van der Waals surface area contributed by atoms with Crippen molar-refractivity contribution >= 4 is 38.9 Å². The highest BCUT2D eigenvalue weighted by Gasteiger charge is 2.21. The second-order valence-electron chi connectivity index (χ2n) is 14.3. The topological polar surface area (TPSA) is 78.0 Å². The first-order valence-corrected chi connectivity index (χ1v) is 18.0. The second-order valence-corrected chi connectivity index (χ2v) is 14.3. The van der Waals surface area contributed by atoms with Crippen molar-refractivity contribution < 1.29 is 18.4 Å². The molecule has 3 N–H and O–H groups in total. The maximum atomic E-state index is 8.94. The molecule has 0 fully saturated rings. The molecule has 2 heterocycles. The van der Waals surface area contributed by atoms with Gasteiger partial charge in [-0.05, 0) is 70.3 Å². The molecule has 0 saturated carbocycles. The van der Waals surface area contributed by atoms with Crippen molar-refractivity contribution in [3.8, 4) is 50.8 Å². The predicted octanol–water partition coefficient (Wildman–Crippen LogP) is 13.0. The highest BCUT2D eigenvalue weighted by atomic mass is 16.5. The van der Waals surface area contributed by atoms with E-state index >= 15 is 0 Å². The molecule has 0 amide bonds. The summed E-state index contributed by atoms with van der Waals surface area (Å²) in [5, 5.41) is 5.45. The SMILES string of the molecule is [2H]c1c([2H])c([2H])c(-c2cccc(-c3c([2H])c([2H])c([2H])c([2H])c3[2H])c2-c2cccc(N)c2Nc2cccc(Oc3ccc4c5ccccc5n(-c5nccc(C(C)(C)C)n5)c4c3)c2)c([2H])c1[2H]. The van der Waals surface area contributed by atoms with E-state index in [4.69, 9.17) is 29.2 Å². The molecular weight excluding hydrogens is 687 g/mol. The Kier molecular flexibility index (Phi) is 6.35. The normalized spacial score (nSPS) is 14.1. The number of aromatic nitrogens is 3. The van der Waals surface area contributed by atoms with E-state index in [1.54, 1.807) is 60.8 Å². The Hall–Kier alpha value is -7.18. The first kappa shape index (κ1) is 25.0. The fourth-order valence-corrected chi connectivity index (χ4v) is 6.97. The lowest BCUT2D eigenvalue weighted by Gasteiger charge is -2.21. The summed E-state index contributed by atoms with van der Waals surface area (Å²) < 4.78 is 94.9. The Bertz CT molecular complexity index is 3310. The molecule has 0 radical (unpaired) electrons. The minimum Gasteiger partial charge on any atom is -0.457 e. The summed E-state index contributed by atoms with van der Waals surface area (Å²) in [6, 6.07) is 27.5. The van der Waals surface area contributed by atoms with Crippen LogP contribution in [0.5, 0.6) is 11.5 Å². The molecule has 2 aromatic heterocycles. The summed E-state index contributed by atoms with van der Waals surface area (Å²) in [5.41, 5.74) is 11.0. The first-order valence-electron chi connectivity index (χ1n) is 23.0. The smallest absolute Gasteiger partial charge is 0.234 e. The van der Waals surface area contributed by atoms with Gasteiger partial charge in [-0.15, -0.1) is 0 Å². The van der Waals surface area contributed by atoms with Gasteiger partial charge in [-0.25, -0.2) is 9.97 Å². The van der Waals surface area contributed by atoms with E-state index in [1.165, 1.54) is 0 Å². The van der Waals surface area contributed by atoms with Crippen molar-refractivity contribution in [3.63, 3.8) is 0 Å². The molecule has 0 atom stereocenters. The van der Waals surface area contributed by atoms with Gasteiger partial charge in [0.2, 0.25) is 5.95 Å². The maximum Gasteiger partial charge on any atom is 0.234 e. The van der Waals surface area contributed by atoms with Crippen LogP contribution in [0.3, 0.4) is 0 Å². The Morgan fingerprint density at radius 1 is 0.643 bits per heavy atom. The van der Waals surface area contributed by atoms with Crippen LogP contribution in [0.2, 0.25) is 0 Å². The van der Waals surface area contributed by atoms with Gasteiger partial charge in [-0.1, -0.05) is 136 Å². The standard InChI is InChI=1S/C50H41N5O/c1-50(2,3)46-29-30-52-49(54-46)55-44-26-11-10-21-40(44)41-28-27-37(32-45(41)55)56-36-20-12-19-35(31-36)53-48-42(24-14-25-43(48)51)47-38(33-15-6-4-7-16-33)22-13-23-39(47)34-17-8-5-9-18-34/h4-32,53H,51H2,1-3H3/i4D,5D,6D,7D,8D,9D,15D,16D,17D,18D. The summed E-state index contributed by atoms with van der Waals surface area (Å²) in [6.45, 7) is 6.33. The van der Waals surface area contributed by atoms with Crippen LogP contribution in [0.25, 0.3) is 61.1 Å². The van der Waals surface area contributed by atoms with Crippen LogP contribution in [0.15, 0.2) is 176 Å². The summed E-state index contributed by atoms with van der Waals surface area (Å²) in [7, 11) is 0. The van der Waals surface area contributed by atoms with E-state index in [0.717, 1.165) is 27.5 Å². The molecule has 0 unspecified atom stereocenters. The van der Waals surface area contributed by atoms with Crippen LogP contribution in [-0.2, 0) is 5.41 Å². The molecule has 7 aromatic carbocycles. The van der Waals surface area contributed by atoms with Crippen LogP contribution < -0.4 is 15.8 Å². The van der Waals surface area contributed by atoms with Gasteiger partial charge in [0, 0.05) is 45.8 Å². The van der Waals surface area contributed by atoms with Crippen LogP contribution in [-0.4, -0.2) is 14.5 Å². The van der Waals surface area contributed by atoms with Crippen LogP contribution >= 0.6 is 0 Å². The zero-order valence-corrected chi connectivity index (χ0v) is 30.8. The number of hydrogen-bond donors (Lipinski definition) is 2. The van der Waals surface area contributed by atoms with Crippen LogP contribution in [0.1, 0.15) is 40.2 Å². The van der Waals surface area contributed by atoms with Gasteiger partial charge in [0.15, 0.2) is 0 Å². The minimum atomic E-state index is -0.576. The number of nitrogens with one attached hydrogen (secondary N) is 1. The molecule has 6 heteroatoms. The molecule has 272 valence electrons. The van der Waals surface area contributed by atoms with Crippen LogP contribution in [0, 0.1) is 0 Å². The van der Waals surface area contributed by atoms with Gasteiger partial charge in [0.1, 0.15) is 11.5 Å². The molecule has 0 aliphatic heterocycles. The third kappa shape index (κ3) is 6.52. The van der Waals surface area contributed by atoms with Crippen LogP contribution in [0.4, 0.5) is 17.1 Å². The number of rotatable bonds is 8. The molecule has 9 rings (SSSR count). The van der Waals surface area contributed by atoms with Gasteiger partial charge in [0.25, 0.3) is 0 Å². The number of nitrogen functional groups attached to an aromatic ring is 1. The van der Waals surface area contributed by atoms with Gasteiger partial charge >= 0.3 is 0 Å². The zero-order valence-electron chi connectivity index (χ0n) is 40.8. The first-order chi connectivity index (χ1) is 31.5. The van der Waals surface area contributed by atoms with Crippen molar-refractivity contribution in [2.24, 2.45) is 0 Å². The highest BCUT2D eigenvalue weighted by molar-refractivity contribution is 6.09. The molecule has 6 nitrogen and oxygen atoms in total. The highest BCUT2D eigenvalue weighted by Crippen LogP contribution is 2.45. The van der Waals surface area contributed by atoms with E-state index in [2.05, 4.69) is 37.1 Å². The van der Waals surface area contributed by atoms with Crippen molar-refractivity contribution in [1.82, 2.24) is 14.5 Å². The third-order valence-electron chi connectivity index (χ3n) is 9.56. The summed E-state index contributed by atoms with van der Waals surface area (Å²) in [6.07, 6.45) is 1.78. The molecule has 9 aromatic rings. The Labute approximate surface area is 341 Å². The molecule has 0 saturated heterocycles. The number of ether oxygens (including phenoxy) is 1. The summed E-state index contributed by atoms with van der Waals surface area (Å²) in [5.74, 6) is 1.56. The van der Waals surface area contributed by atoms with Gasteiger partial charge in [-0.2, -0.15) is 0 Å². The van der Waals surface area contributed by atoms with E-state index < -0.39 is 60.4 Å². The molecule has 0 spiro atoms. The largest absolute Gasteiger partial charge is 0.457 e. The zero-order chi connectivity index (χ0) is 46.9. The number of nitrogens with two attached hydrogens (primary N) is 1. The summed E-state index contributed by atoms with van der Waals surface area (Å²) >= 11 is 0. The van der Waals surface area contributed by atoms with Gasteiger partial charge < -0.3 is 15.8 Å². The second kappa shape index (κ2) is 14.2. The monoisotopic (exact) mass is 737 g/mol. The van der Waals surface area contributed by atoms with Crippen molar-refractivity contribution in [2.75, 3.05) is 11.1 Å². The predicted molar refractivity (Wildman–Crippen MR) is 232 cm³/mol. The van der Waals surface area contributed by atoms with E-state index in [0.29, 0.717) is 34.4 Å². The average molecular weight is 738 g/mol. The maximum absolute atomic E-state index is 8.94. The van der Waals surface area contributed by atoms with E-state index in [1.807, 2.05) is 53.1 Å². The quantitative estimate of drug-likeness (QED) is 0.152. The molecule has 0 bridgehead atoms. The lowest BCUT2D eigenvalue weighted by atomic mass is 9.86. The molecule has 56 heavy (non-hydrogen) atoms. The van der Waals surface area contributed by atoms with Gasteiger partial charge in [-0.3, -0.25) is 4.57 Å². The van der Waals surface area contributed by atoms with Crippen molar-refractivity contribution in [3.05, 3.63) is 182 Å². The average Bonchev–Trinajstić information content (AvgIpc) is 3.63. The van der Waals surface area contributed by atoms with E-state index in [9.17, 15) is 0 Å². The number of fused-ring (bicyclic) bond motifs is 3. The molecule has 0 aliphatic rings. The lowest BCUT2D eigenvalue weighted by molar-refractivity contribution is 0.483. The Morgan fingerprint density at radius 2 is 1.29 bits per heavy atom. The fourth-order valence-electron chi connectivity index (χ4n) is 6.97. The number of hydrogen-bond acceptors (Lipinski definition) is 5. The molecular formula is C50H41N5O. The number of para-hydroxylation sites is 2. The van der Waals surface area contributed by atoms with Crippen molar-refractivity contribution in [2.45, 2.75) is 26.2 Å².